The molecule has 2 nitrogen and oxygen atoms in total. The molecule has 3 heteroatoms. The van der Waals surface area contributed by atoms with E-state index in [1.165, 1.54) is 31.2 Å². The van der Waals surface area contributed by atoms with Crippen molar-refractivity contribution >= 4 is 15.9 Å². The molecule has 0 N–H and O–H groups in total. The van der Waals surface area contributed by atoms with Gasteiger partial charge in [-0.25, -0.2) is 0 Å². The maximum Gasteiger partial charge on any atom is 0.123 e. The predicted octanol–water partition coefficient (Wildman–Crippen LogP) is 4.58. The van der Waals surface area contributed by atoms with Crippen LogP contribution in [0.4, 0.5) is 0 Å². The second kappa shape index (κ2) is 5.35. The average Bonchev–Trinajstić information content (AvgIpc) is 3.20. The summed E-state index contributed by atoms with van der Waals surface area (Å²) in [5.74, 6) is 4.50. The Bertz CT molecular complexity index is 448. The molecule has 0 amide bonds. The van der Waals surface area contributed by atoms with Gasteiger partial charge in [0.15, 0.2) is 0 Å². The van der Waals surface area contributed by atoms with Crippen molar-refractivity contribution in [2.75, 3.05) is 14.2 Å². The third kappa shape index (κ3) is 2.37. The summed E-state index contributed by atoms with van der Waals surface area (Å²) in [7, 11) is 3.46. The molecule has 19 heavy (non-hydrogen) atoms. The van der Waals surface area contributed by atoms with Gasteiger partial charge >= 0.3 is 0 Å². The first kappa shape index (κ1) is 13.3. The zero-order chi connectivity index (χ0) is 13.4. The standard InChI is InChI=1S/C16H21BrO2/c1-18-10-7-8-14(19-2)13(9-10)16(17)15-11-5-3-4-6-12(11)15/h7-9,11-12,15-16H,3-6H2,1-2H3. The first-order valence-corrected chi connectivity index (χ1v) is 8.04. The van der Waals surface area contributed by atoms with E-state index in [0.717, 1.165) is 29.3 Å². The van der Waals surface area contributed by atoms with Gasteiger partial charge in [-0.15, -0.1) is 0 Å². The molecular formula is C16H21BrO2. The molecular weight excluding hydrogens is 304 g/mol. The predicted molar refractivity (Wildman–Crippen MR) is 80.2 cm³/mol. The monoisotopic (exact) mass is 324 g/mol. The van der Waals surface area contributed by atoms with Gasteiger partial charge in [-0.05, 0) is 48.8 Å². The van der Waals surface area contributed by atoms with Crippen LogP contribution in [0.15, 0.2) is 18.2 Å². The number of halogens is 1. The van der Waals surface area contributed by atoms with E-state index < -0.39 is 0 Å². The van der Waals surface area contributed by atoms with Gasteiger partial charge in [0, 0.05) is 10.4 Å². The highest BCUT2D eigenvalue weighted by Gasteiger charge is 2.54. The summed E-state index contributed by atoms with van der Waals surface area (Å²) in [5.41, 5.74) is 1.24. The lowest BCUT2D eigenvalue weighted by atomic mass is 10.0. The fraction of sp³-hybridized carbons (Fsp3) is 0.625. The molecule has 0 bridgehead atoms. The second-order valence-electron chi connectivity index (χ2n) is 5.70. The first-order valence-electron chi connectivity index (χ1n) is 7.12. The third-order valence-corrected chi connectivity index (χ3v) is 5.90. The van der Waals surface area contributed by atoms with Crippen molar-refractivity contribution in [3.05, 3.63) is 23.8 Å². The molecule has 0 saturated heterocycles. The van der Waals surface area contributed by atoms with Crippen LogP contribution in [0.1, 0.15) is 36.1 Å². The number of hydrogen-bond donors (Lipinski definition) is 0. The second-order valence-corrected chi connectivity index (χ2v) is 6.69. The Morgan fingerprint density at radius 1 is 1.11 bits per heavy atom. The van der Waals surface area contributed by atoms with Crippen molar-refractivity contribution in [2.45, 2.75) is 30.5 Å². The summed E-state index contributed by atoms with van der Waals surface area (Å²) in [5, 5.41) is 0. The van der Waals surface area contributed by atoms with Gasteiger partial charge in [0.05, 0.1) is 14.2 Å². The van der Waals surface area contributed by atoms with Crippen molar-refractivity contribution in [3.8, 4) is 11.5 Å². The Hall–Kier alpha value is -0.700. The van der Waals surface area contributed by atoms with Crippen LogP contribution in [0.3, 0.4) is 0 Å². The summed E-state index contributed by atoms with van der Waals surface area (Å²) in [6.45, 7) is 0. The van der Waals surface area contributed by atoms with Gasteiger partial charge in [-0.3, -0.25) is 0 Å². The summed E-state index contributed by atoms with van der Waals surface area (Å²) in [4.78, 5) is 0.394. The highest BCUT2D eigenvalue weighted by atomic mass is 79.9. The highest BCUT2D eigenvalue weighted by molar-refractivity contribution is 9.09. The van der Waals surface area contributed by atoms with Crippen LogP contribution in [0.25, 0.3) is 0 Å². The molecule has 3 unspecified atom stereocenters. The maximum absolute atomic E-state index is 5.51. The minimum Gasteiger partial charge on any atom is -0.497 e. The molecule has 3 rings (SSSR count). The van der Waals surface area contributed by atoms with Gasteiger partial charge in [0.25, 0.3) is 0 Å². The number of fused-ring (bicyclic) bond motifs is 1. The topological polar surface area (TPSA) is 18.5 Å². The molecule has 2 aliphatic carbocycles. The SMILES string of the molecule is COc1ccc(OC)c(C(Br)C2C3CCCCC32)c1. The number of alkyl halides is 1. The molecule has 2 saturated carbocycles. The van der Waals surface area contributed by atoms with E-state index in [0.29, 0.717) is 4.83 Å². The molecule has 2 aliphatic rings. The van der Waals surface area contributed by atoms with E-state index >= 15 is 0 Å². The number of rotatable bonds is 4. The van der Waals surface area contributed by atoms with E-state index in [9.17, 15) is 0 Å². The fourth-order valence-corrected chi connectivity index (χ4v) is 4.89. The van der Waals surface area contributed by atoms with Crippen LogP contribution in [-0.2, 0) is 0 Å². The number of hydrogen-bond acceptors (Lipinski definition) is 2. The first-order chi connectivity index (χ1) is 9.26. The molecule has 2 fully saturated rings. The highest BCUT2D eigenvalue weighted by Crippen LogP contribution is 2.63. The van der Waals surface area contributed by atoms with Gasteiger partial charge in [0.2, 0.25) is 0 Å². The van der Waals surface area contributed by atoms with Crippen molar-refractivity contribution in [3.63, 3.8) is 0 Å². The van der Waals surface area contributed by atoms with E-state index in [2.05, 4.69) is 22.0 Å². The largest absolute Gasteiger partial charge is 0.497 e. The Morgan fingerprint density at radius 2 is 1.79 bits per heavy atom. The Morgan fingerprint density at radius 3 is 2.37 bits per heavy atom. The van der Waals surface area contributed by atoms with Crippen molar-refractivity contribution in [2.24, 2.45) is 17.8 Å². The lowest BCUT2D eigenvalue weighted by Crippen LogP contribution is -2.00. The summed E-state index contributed by atoms with van der Waals surface area (Å²) in [6, 6.07) is 6.08. The van der Waals surface area contributed by atoms with Gasteiger partial charge in [-0.2, -0.15) is 0 Å². The fourth-order valence-electron chi connectivity index (χ4n) is 3.74. The minimum atomic E-state index is 0.394. The number of ether oxygens (including phenoxy) is 2. The molecule has 1 aromatic rings. The third-order valence-electron chi connectivity index (χ3n) is 4.79. The molecule has 0 aromatic heterocycles. The van der Waals surface area contributed by atoms with Crippen molar-refractivity contribution in [1.82, 2.24) is 0 Å². The Labute approximate surface area is 123 Å². The molecule has 3 atom stereocenters. The van der Waals surface area contributed by atoms with Crippen LogP contribution in [-0.4, -0.2) is 14.2 Å². The van der Waals surface area contributed by atoms with Gasteiger partial charge in [-0.1, -0.05) is 28.8 Å². The van der Waals surface area contributed by atoms with Crippen molar-refractivity contribution in [1.29, 1.82) is 0 Å². The molecule has 1 aromatic carbocycles. The summed E-state index contributed by atoms with van der Waals surface area (Å²) >= 11 is 3.92. The average molecular weight is 325 g/mol. The number of benzene rings is 1. The van der Waals surface area contributed by atoms with Crippen LogP contribution < -0.4 is 9.47 Å². The van der Waals surface area contributed by atoms with Crippen LogP contribution in [0, 0.1) is 17.8 Å². The van der Waals surface area contributed by atoms with Crippen molar-refractivity contribution < 1.29 is 9.47 Å². The molecule has 104 valence electrons. The lowest BCUT2D eigenvalue weighted by Gasteiger charge is -2.15. The Kier molecular flexibility index (Phi) is 3.75. The summed E-state index contributed by atoms with van der Waals surface area (Å²) < 4.78 is 10.9. The zero-order valence-corrected chi connectivity index (χ0v) is 13.2. The Balaban J connectivity index is 1.84. The van der Waals surface area contributed by atoms with Crippen LogP contribution >= 0.6 is 15.9 Å². The normalized spacial score (nSPS) is 30.4. The van der Waals surface area contributed by atoms with Gasteiger partial charge < -0.3 is 9.47 Å². The quantitative estimate of drug-likeness (QED) is 0.755. The molecule has 0 spiro atoms. The van der Waals surface area contributed by atoms with E-state index in [1.54, 1.807) is 14.2 Å². The van der Waals surface area contributed by atoms with E-state index in [4.69, 9.17) is 9.47 Å². The van der Waals surface area contributed by atoms with Crippen LogP contribution in [0.2, 0.25) is 0 Å². The maximum atomic E-state index is 5.51. The molecule has 0 radical (unpaired) electrons. The number of methoxy groups -OCH3 is 2. The zero-order valence-electron chi connectivity index (χ0n) is 11.6. The summed E-state index contributed by atoms with van der Waals surface area (Å²) in [6.07, 6.45) is 5.63. The van der Waals surface area contributed by atoms with E-state index in [-0.39, 0.29) is 0 Å². The van der Waals surface area contributed by atoms with E-state index in [1.807, 2.05) is 12.1 Å². The molecule has 0 heterocycles. The molecule has 0 aliphatic heterocycles. The van der Waals surface area contributed by atoms with Gasteiger partial charge in [0.1, 0.15) is 11.5 Å². The van der Waals surface area contributed by atoms with Crippen LogP contribution in [0.5, 0.6) is 11.5 Å². The smallest absolute Gasteiger partial charge is 0.123 e. The lowest BCUT2D eigenvalue weighted by molar-refractivity contribution is 0.397. The minimum absolute atomic E-state index is 0.394.